The average molecular weight is 349 g/mol. The Hall–Kier alpha value is -1.89. The average Bonchev–Trinajstić information content (AvgIpc) is 2.58. The van der Waals surface area contributed by atoms with Gasteiger partial charge in [-0.05, 0) is 50.8 Å². The highest BCUT2D eigenvalue weighted by molar-refractivity contribution is 7.90. The minimum atomic E-state index is -3.75. The van der Waals surface area contributed by atoms with Crippen LogP contribution in [0.4, 0.5) is 5.69 Å². The highest BCUT2D eigenvalue weighted by atomic mass is 32.2. The first-order valence-electron chi connectivity index (χ1n) is 8.46. The van der Waals surface area contributed by atoms with Crippen LogP contribution in [0.3, 0.4) is 0 Å². The van der Waals surface area contributed by atoms with Gasteiger partial charge in [-0.25, -0.2) is 0 Å². The topological polar surface area (TPSA) is 70.0 Å². The van der Waals surface area contributed by atoms with E-state index in [9.17, 15) is 13.2 Å². The molecule has 130 valence electrons. The highest BCUT2D eigenvalue weighted by Crippen LogP contribution is 2.33. The molecule has 3 rings (SSSR count). The van der Waals surface area contributed by atoms with Crippen molar-refractivity contribution in [3.05, 3.63) is 23.8 Å². The van der Waals surface area contributed by atoms with Crippen LogP contribution in [0, 0.1) is 0 Å². The van der Waals surface area contributed by atoms with Crippen molar-refractivity contribution in [2.75, 3.05) is 24.5 Å². The number of carbonyl (C=O) groups excluding carboxylic acids is 1. The van der Waals surface area contributed by atoms with Crippen LogP contribution in [0.1, 0.15) is 49.9 Å². The minimum absolute atomic E-state index is 0.0963. The summed E-state index contributed by atoms with van der Waals surface area (Å²) in [5, 5.41) is 0. The third-order valence-electron chi connectivity index (χ3n) is 4.51. The number of piperidine rings is 1. The van der Waals surface area contributed by atoms with Crippen LogP contribution < -0.4 is 4.90 Å². The zero-order valence-corrected chi connectivity index (χ0v) is 15.0. The number of anilines is 1. The fraction of sp³-hybridized carbons (Fsp3) is 0.529. The largest absolute Gasteiger partial charge is 0.339 e. The standard InChI is InChI=1S/C17H23N3O3S/c1-3-9-20-13(2)18-24(22,23)16-12-14(7-8-15(16)20)17(21)19-10-5-4-6-11-19/h7-8,12H,3-6,9-11H2,1-2H3. The number of amides is 1. The molecule has 0 aromatic heterocycles. The van der Waals surface area contributed by atoms with Gasteiger partial charge in [0.15, 0.2) is 0 Å². The lowest BCUT2D eigenvalue weighted by atomic mass is 10.1. The van der Waals surface area contributed by atoms with E-state index in [2.05, 4.69) is 4.40 Å². The van der Waals surface area contributed by atoms with Gasteiger partial charge in [-0.1, -0.05) is 6.92 Å². The van der Waals surface area contributed by atoms with Crippen molar-refractivity contribution in [1.29, 1.82) is 0 Å². The summed E-state index contributed by atoms with van der Waals surface area (Å²) in [4.78, 5) is 16.5. The molecule has 0 saturated carbocycles. The van der Waals surface area contributed by atoms with Gasteiger partial charge in [0, 0.05) is 25.2 Å². The third kappa shape index (κ3) is 3.05. The Labute approximate surface area is 143 Å². The Bertz CT molecular complexity index is 780. The van der Waals surface area contributed by atoms with E-state index in [1.165, 1.54) is 6.07 Å². The molecule has 0 radical (unpaired) electrons. The van der Waals surface area contributed by atoms with Crippen LogP contribution in [0.2, 0.25) is 0 Å². The number of nitrogens with zero attached hydrogens (tertiary/aromatic N) is 3. The van der Waals surface area contributed by atoms with Crippen LogP contribution in [-0.2, 0) is 10.0 Å². The van der Waals surface area contributed by atoms with Crippen molar-refractivity contribution >= 4 is 27.5 Å². The first kappa shape index (κ1) is 17.0. The Morgan fingerprint density at radius 1 is 1.21 bits per heavy atom. The van der Waals surface area contributed by atoms with E-state index >= 15 is 0 Å². The first-order chi connectivity index (χ1) is 11.4. The number of fused-ring (bicyclic) bond motifs is 1. The van der Waals surface area contributed by atoms with E-state index in [1.54, 1.807) is 24.0 Å². The van der Waals surface area contributed by atoms with Gasteiger partial charge >= 0.3 is 0 Å². The molecule has 0 aliphatic carbocycles. The lowest BCUT2D eigenvalue weighted by molar-refractivity contribution is 0.0724. The highest BCUT2D eigenvalue weighted by Gasteiger charge is 2.30. The molecule has 2 aliphatic heterocycles. The zero-order valence-electron chi connectivity index (χ0n) is 14.2. The second kappa shape index (κ2) is 6.55. The number of likely N-dealkylation sites (tertiary alicyclic amines) is 1. The fourth-order valence-corrected chi connectivity index (χ4v) is 4.57. The van der Waals surface area contributed by atoms with Crippen molar-refractivity contribution in [2.45, 2.75) is 44.4 Å². The number of hydrogen-bond donors (Lipinski definition) is 0. The zero-order chi connectivity index (χ0) is 17.3. The van der Waals surface area contributed by atoms with Gasteiger partial charge in [-0.2, -0.15) is 8.42 Å². The Morgan fingerprint density at radius 2 is 1.92 bits per heavy atom. The molecule has 24 heavy (non-hydrogen) atoms. The van der Waals surface area contributed by atoms with E-state index in [-0.39, 0.29) is 10.8 Å². The van der Waals surface area contributed by atoms with E-state index in [4.69, 9.17) is 0 Å². The van der Waals surface area contributed by atoms with Gasteiger partial charge in [-0.15, -0.1) is 4.40 Å². The Balaban J connectivity index is 2.00. The molecule has 1 aromatic carbocycles. The van der Waals surface area contributed by atoms with Crippen molar-refractivity contribution in [1.82, 2.24) is 4.90 Å². The van der Waals surface area contributed by atoms with Crippen molar-refractivity contribution in [3.8, 4) is 0 Å². The fourth-order valence-electron chi connectivity index (χ4n) is 3.31. The molecule has 2 aliphatic rings. The summed E-state index contributed by atoms with van der Waals surface area (Å²) in [5.41, 5.74) is 1.03. The van der Waals surface area contributed by atoms with Gasteiger partial charge in [0.25, 0.3) is 15.9 Å². The first-order valence-corrected chi connectivity index (χ1v) is 9.90. The van der Waals surface area contributed by atoms with Crippen molar-refractivity contribution in [3.63, 3.8) is 0 Å². The number of carbonyl (C=O) groups is 1. The molecule has 1 amide bonds. The van der Waals surface area contributed by atoms with Gasteiger partial charge in [0.2, 0.25) is 0 Å². The minimum Gasteiger partial charge on any atom is -0.339 e. The SMILES string of the molecule is CCCN1C(C)=NS(=O)(=O)c2cc(C(=O)N3CCCCC3)ccc21. The van der Waals surface area contributed by atoms with Crippen LogP contribution in [0.15, 0.2) is 27.5 Å². The summed E-state index contributed by atoms with van der Waals surface area (Å²) in [6, 6.07) is 4.95. The molecule has 1 fully saturated rings. The molecular formula is C17H23N3O3S. The predicted molar refractivity (Wildman–Crippen MR) is 94.1 cm³/mol. The molecule has 7 heteroatoms. The summed E-state index contributed by atoms with van der Waals surface area (Å²) in [6.45, 7) is 5.90. The second-order valence-corrected chi connectivity index (χ2v) is 7.87. The van der Waals surface area contributed by atoms with Crippen LogP contribution in [0.25, 0.3) is 0 Å². The van der Waals surface area contributed by atoms with Crippen LogP contribution >= 0.6 is 0 Å². The van der Waals surface area contributed by atoms with Gasteiger partial charge in [0.05, 0.1) is 5.69 Å². The lowest BCUT2D eigenvalue weighted by Gasteiger charge is -2.30. The number of sulfonamides is 1. The summed E-state index contributed by atoms with van der Waals surface area (Å²) in [7, 11) is -3.75. The second-order valence-electron chi connectivity index (χ2n) is 6.30. The number of hydrogen-bond acceptors (Lipinski definition) is 4. The maximum absolute atomic E-state index is 12.6. The normalized spacial score (nSPS) is 19.7. The lowest BCUT2D eigenvalue weighted by Crippen LogP contribution is -2.36. The van der Waals surface area contributed by atoms with Gasteiger partial charge < -0.3 is 9.80 Å². The van der Waals surface area contributed by atoms with Crippen LogP contribution in [0.5, 0.6) is 0 Å². The maximum atomic E-state index is 12.6. The van der Waals surface area contributed by atoms with E-state index in [1.807, 2.05) is 11.8 Å². The molecule has 1 aromatic rings. The van der Waals surface area contributed by atoms with Gasteiger partial charge in [-0.3, -0.25) is 4.79 Å². The van der Waals surface area contributed by atoms with Gasteiger partial charge in [0.1, 0.15) is 10.7 Å². The number of amidine groups is 1. The van der Waals surface area contributed by atoms with Crippen LogP contribution in [-0.4, -0.2) is 44.7 Å². The summed E-state index contributed by atoms with van der Waals surface area (Å²) >= 11 is 0. The molecule has 6 nitrogen and oxygen atoms in total. The molecular weight excluding hydrogens is 326 g/mol. The Morgan fingerprint density at radius 3 is 2.58 bits per heavy atom. The van der Waals surface area contributed by atoms with E-state index in [0.717, 1.165) is 38.8 Å². The van der Waals surface area contributed by atoms with E-state index in [0.29, 0.717) is 23.6 Å². The molecule has 0 spiro atoms. The predicted octanol–water partition coefficient (Wildman–Crippen LogP) is 2.65. The molecule has 0 atom stereocenters. The molecule has 2 heterocycles. The summed E-state index contributed by atoms with van der Waals surface area (Å²) in [5.74, 6) is 0.375. The molecule has 0 unspecified atom stereocenters. The van der Waals surface area contributed by atoms with Crippen molar-refractivity contribution in [2.24, 2.45) is 4.40 Å². The maximum Gasteiger partial charge on any atom is 0.286 e. The quantitative estimate of drug-likeness (QED) is 0.841. The van der Waals surface area contributed by atoms with Crippen molar-refractivity contribution < 1.29 is 13.2 Å². The summed E-state index contributed by atoms with van der Waals surface area (Å²) < 4.78 is 28.7. The van der Waals surface area contributed by atoms with E-state index < -0.39 is 10.0 Å². The summed E-state index contributed by atoms with van der Waals surface area (Å²) in [6.07, 6.45) is 4.02. The number of rotatable bonds is 3. The smallest absolute Gasteiger partial charge is 0.286 e. The Kier molecular flexibility index (Phi) is 4.62. The molecule has 0 N–H and O–H groups in total. The molecule has 1 saturated heterocycles. The number of benzene rings is 1. The third-order valence-corrected chi connectivity index (χ3v) is 5.90. The monoisotopic (exact) mass is 349 g/mol. The molecule has 0 bridgehead atoms.